The normalized spacial score (nSPS) is 14.0. The fourth-order valence-corrected chi connectivity index (χ4v) is 2.11. The molecule has 18 heavy (non-hydrogen) atoms. The summed E-state index contributed by atoms with van der Waals surface area (Å²) >= 11 is 0. The largest absolute Gasteiger partial charge is 0.449 e. The highest BCUT2D eigenvalue weighted by Crippen LogP contribution is 1.99. The summed E-state index contributed by atoms with van der Waals surface area (Å²) in [5.41, 5.74) is 5.27. The topological polar surface area (TPSA) is 143 Å². The maximum atomic E-state index is 11.5. The van der Waals surface area contributed by atoms with Crippen molar-refractivity contribution in [1.82, 2.24) is 9.44 Å². The molecule has 0 bridgehead atoms. The van der Waals surface area contributed by atoms with Crippen LogP contribution in [0.3, 0.4) is 0 Å². The van der Waals surface area contributed by atoms with Gasteiger partial charge in [0.15, 0.2) is 0 Å². The smallest absolute Gasteiger partial charge is 0.421 e. The highest BCUT2D eigenvalue weighted by Gasteiger charge is 2.20. The molecule has 1 unspecified atom stereocenters. The first-order chi connectivity index (χ1) is 8.34. The van der Waals surface area contributed by atoms with Crippen molar-refractivity contribution in [1.29, 1.82) is 0 Å². The minimum atomic E-state index is -4.03. The van der Waals surface area contributed by atoms with Crippen LogP contribution in [-0.4, -0.2) is 38.2 Å². The van der Waals surface area contributed by atoms with Crippen molar-refractivity contribution < 1.29 is 23.2 Å². The molecule has 0 aromatic rings. The van der Waals surface area contributed by atoms with E-state index in [4.69, 9.17) is 10.9 Å². The number of nitrogens with zero attached hydrogens (tertiary/aromatic N) is 1. The van der Waals surface area contributed by atoms with Crippen molar-refractivity contribution in [2.45, 2.75) is 32.7 Å². The van der Waals surface area contributed by atoms with Crippen LogP contribution < -0.4 is 15.2 Å². The summed E-state index contributed by atoms with van der Waals surface area (Å²) in [4.78, 5) is 11.0. The van der Waals surface area contributed by atoms with Crippen molar-refractivity contribution >= 4 is 22.1 Å². The molecule has 5 N–H and O–H groups in total. The zero-order valence-corrected chi connectivity index (χ0v) is 11.0. The molecule has 0 radical (unpaired) electrons. The molecule has 10 heteroatoms. The van der Waals surface area contributed by atoms with Crippen molar-refractivity contribution in [3.63, 3.8) is 0 Å². The summed E-state index contributed by atoms with van der Waals surface area (Å²) in [6.45, 7) is 3.32. The Morgan fingerprint density at radius 3 is 2.56 bits per heavy atom. The quantitative estimate of drug-likeness (QED) is 0.214. The second-order valence-corrected chi connectivity index (χ2v) is 4.79. The molecule has 0 spiro atoms. The van der Waals surface area contributed by atoms with E-state index in [1.807, 2.05) is 0 Å². The van der Waals surface area contributed by atoms with Gasteiger partial charge in [0.1, 0.15) is 5.84 Å². The van der Waals surface area contributed by atoms with Gasteiger partial charge < -0.3 is 15.7 Å². The van der Waals surface area contributed by atoms with Crippen LogP contribution in [0.1, 0.15) is 26.7 Å². The highest BCUT2D eigenvalue weighted by atomic mass is 32.2. The lowest BCUT2D eigenvalue weighted by Gasteiger charge is -2.16. The molecule has 1 atom stereocenters. The first-order valence-electron chi connectivity index (χ1n) is 5.27. The molecule has 1 amide bonds. The molecule has 0 aliphatic rings. The molecule has 0 aromatic carbocycles. The molecule has 0 fully saturated rings. The minimum Gasteiger partial charge on any atom is -0.449 e. The van der Waals surface area contributed by atoms with Crippen LogP contribution in [0.25, 0.3) is 0 Å². The fourth-order valence-electron chi connectivity index (χ4n) is 1.08. The average molecular weight is 282 g/mol. The number of hydrogen-bond donors (Lipinski definition) is 4. The van der Waals surface area contributed by atoms with Gasteiger partial charge in [0.05, 0.1) is 6.61 Å². The molecule has 0 heterocycles. The van der Waals surface area contributed by atoms with Crippen LogP contribution in [0, 0.1) is 0 Å². The van der Waals surface area contributed by atoms with E-state index in [2.05, 4.69) is 14.6 Å². The van der Waals surface area contributed by atoms with Crippen LogP contribution in [0.2, 0.25) is 0 Å². The summed E-state index contributed by atoms with van der Waals surface area (Å²) in [5.74, 6) is -0.110. The van der Waals surface area contributed by atoms with E-state index in [1.165, 1.54) is 0 Å². The number of nitrogens with one attached hydrogen (secondary N) is 2. The second kappa shape index (κ2) is 7.71. The molecule has 0 saturated carbocycles. The van der Waals surface area contributed by atoms with Crippen LogP contribution in [-0.2, 0) is 14.9 Å². The summed E-state index contributed by atoms with van der Waals surface area (Å²) in [7, 11) is -4.03. The van der Waals surface area contributed by atoms with Gasteiger partial charge in [-0.05, 0) is 13.3 Å². The number of nitrogens with two attached hydrogens (primary N) is 1. The zero-order chi connectivity index (χ0) is 14.2. The minimum absolute atomic E-state index is 0.0245. The molecule has 0 rings (SSSR count). The Labute approximate surface area is 106 Å². The molecule has 0 aliphatic carbocycles. The van der Waals surface area contributed by atoms with Crippen molar-refractivity contribution in [2.75, 3.05) is 6.61 Å². The summed E-state index contributed by atoms with van der Waals surface area (Å²) < 4.78 is 31.3. The molecular formula is C8H18N4O5S. The van der Waals surface area contributed by atoms with Crippen molar-refractivity contribution in [3.05, 3.63) is 0 Å². The summed E-state index contributed by atoms with van der Waals surface area (Å²) in [6, 6.07) is -0.590. The Hall–Kier alpha value is -1.55. The SMILES string of the molecule is CCOC(=O)NS(=O)(=O)NC(CC)CC(N)=NO. The fraction of sp³-hybridized carbons (Fsp3) is 0.750. The lowest BCUT2D eigenvalue weighted by atomic mass is 10.1. The van der Waals surface area contributed by atoms with Gasteiger partial charge in [-0.2, -0.15) is 13.1 Å². The highest BCUT2D eigenvalue weighted by molar-refractivity contribution is 7.88. The molecule has 0 saturated heterocycles. The predicted octanol–water partition coefficient (Wildman–Crippen LogP) is -0.518. The number of amides is 1. The molecule has 9 nitrogen and oxygen atoms in total. The van der Waals surface area contributed by atoms with E-state index in [1.54, 1.807) is 18.6 Å². The Morgan fingerprint density at radius 2 is 2.11 bits per heavy atom. The number of amidine groups is 1. The maximum absolute atomic E-state index is 11.5. The lowest BCUT2D eigenvalue weighted by Crippen LogP contribution is -2.46. The van der Waals surface area contributed by atoms with Gasteiger partial charge in [0.2, 0.25) is 0 Å². The number of rotatable bonds is 7. The van der Waals surface area contributed by atoms with Gasteiger partial charge in [-0.3, -0.25) is 0 Å². The van der Waals surface area contributed by atoms with E-state index < -0.39 is 22.3 Å². The van der Waals surface area contributed by atoms with E-state index in [0.717, 1.165) is 0 Å². The Bertz CT molecular complexity index is 394. The molecule has 0 aliphatic heterocycles. The van der Waals surface area contributed by atoms with Gasteiger partial charge in [-0.1, -0.05) is 12.1 Å². The van der Waals surface area contributed by atoms with E-state index in [0.29, 0.717) is 6.42 Å². The Kier molecular flexibility index (Phi) is 7.05. The molecule has 106 valence electrons. The first-order valence-corrected chi connectivity index (χ1v) is 6.76. The number of oxime groups is 1. The Morgan fingerprint density at radius 1 is 1.50 bits per heavy atom. The van der Waals surface area contributed by atoms with Gasteiger partial charge >= 0.3 is 16.3 Å². The zero-order valence-electron chi connectivity index (χ0n) is 10.2. The third-order valence-electron chi connectivity index (χ3n) is 1.89. The predicted molar refractivity (Wildman–Crippen MR) is 64.3 cm³/mol. The number of carbonyl (C=O) groups excluding carboxylic acids is 1. The third-order valence-corrected chi connectivity index (χ3v) is 2.97. The van der Waals surface area contributed by atoms with Gasteiger partial charge in [0.25, 0.3) is 0 Å². The van der Waals surface area contributed by atoms with E-state index in [9.17, 15) is 13.2 Å². The number of hydrogen-bond acceptors (Lipinski definition) is 6. The first kappa shape index (κ1) is 16.4. The number of ether oxygens (including phenoxy) is 1. The summed E-state index contributed by atoms with van der Waals surface area (Å²) in [6.07, 6.45) is -0.639. The Balaban J connectivity index is 4.49. The van der Waals surface area contributed by atoms with Crippen LogP contribution in [0.15, 0.2) is 5.16 Å². The van der Waals surface area contributed by atoms with Crippen LogP contribution in [0.4, 0.5) is 4.79 Å². The van der Waals surface area contributed by atoms with Gasteiger partial charge in [-0.25, -0.2) is 9.52 Å². The average Bonchev–Trinajstić information content (AvgIpc) is 2.26. The monoisotopic (exact) mass is 282 g/mol. The number of carbonyl (C=O) groups is 1. The second-order valence-electron chi connectivity index (χ2n) is 3.34. The standard InChI is InChI=1S/C8H18N4O5S/c1-3-6(5-7(9)10-14)11-18(15,16)12-8(13)17-4-2/h6,11,14H,3-5H2,1-2H3,(H2,9,10)(H,12,13). The van der Waals surface area contributed by atoms with Crippen molar-refractivity contribution in [2.24, 2.45) is 10.9 Å². The van der Waals surface area contributed by atoms with Gasteiger partial charge in [-0.15, -0.1) is 0 Å². The van der Waals surface area contributed by atoms with Crippen LogP contribution in [0.5, 0.6) is 0 Å². The van der Waals surface area contributed by atoms with E-state index in [-0.39, 0.29) is 18.9 Å². The van der Waals surface area contributed by atoms with Crippen molar-refractivity contribution in [3.8, 4) is 0 Å². The summed E-state index contributed by atoms with van der Waals surface area (Å²) in [5, 5.41) is 11.1. The third kappa shape index (κ3) is 6.91. The molecule has 0 aromatic heterocycles. The van der Waals surface area contributed by atoms with Gasteiger partial charge in [0, 0.05) is 12.5 Å². The van der Waals surface area contributed by atoms with E-state index >= 15 is 0 Å². The lowest BCUT2D eigenvalue weighted by molar-refractivity contribution is 0.158. The van der Waals surface area contributed by atoms with Crippen LogP contribution >= 0.6 is 0 Å². The maximum Gasteiger partial charge on any atom is 0.421 e. The molecular weight excluding hydrogens is 264 g/mol.